The molecule has 0 bridgehead atoms. The van der Waals surface area contributed by atoms with Gasteiger partial charge >= 0.3 is 11.7 Å². The molecular weight excluding hydrogens is 202 g/mol. The SMILES string of the molecule is CC[C@H](NC(=O)c1c[nH]c(=O)[nH]1)C(=O)O. The highest BCUT2D eigenvalue weighted by atomic mass is 16.4. The standard InChI is InChI=1S/C8H11N3O4/c1-2-4(7(13)14)10-6(12)5-3-9-8(15)11-5/h3-4H,2H2,1H3,(H,10,12)(H,13,14)(H2,9,11,15)/t4-/m0/s1. The summed E-state index contributed by atoms with van der Waals surface area (Å²) in [6.45, 7) is 1.64. The number of hydrogen-bond acceptors (Lipinski definition) is 3. The van der Waals surface area contributed by atoms with Crippen LogP contribution >= 0.6 is 0 Å². The molecule has 0 aliphatic carbocycles. The van der Waals surface area contributed by atoms with Gasteiger partial charge in [0.25, 0.3) is 5.91 Å². The summed E-state index contributed by atoms with van der Waals surface area (Å²) in [5.74, 6) is -1.73. The van der Waals surface area contributed by atoms with E-state index in [2.05, 4.69) is 15.3 Å². The molecule has 1 atom stereocenters. The molecule has 82 valence electrons. The minimum atomic E-state index is -1.11. The fourth-order valence-electron chi connectivity index (χ4n) is 1.03. The van der Waals surface area contributed by atoms with Crippen LogP contribution in [0.25, 0.3) is 0 Å². The van der Waals surface area contributed by atoms with Gasteiger partial charge in [-0.3, -0.25) is 4.79 Å². The van der Waals surface area contributed by atoms with Crippen molar-refractivity contribution >= 4 is 11.9 Å². The topological polar surface area (TPSA) is 115 Å². The first kappa shape index (κ1) is 11.0. The summed E-state index contributed by atoms with van der Waals surface area (Å²) in [6.07, 6.45) is 1.46. The molecule has 0 aromatic carbocycles. The zero-order valence-electron chi connectivity index (χ0n) is 8.03. The molecule has 0 saturated carbocycles. The average Bonchev–Trinajstić information content (AvgIpc) is 2.60. The van der Waals surface area contributed by atoms with Gasteiger partial charge in [-0.25, -0.2) is 9.59 Å². The van der Waals surface area contributed by atoms with Gasteiger partial charge in [0.15, 0.2) is 0 Å². The minimum absolute atomic E-state index is 0.0136. The molecule has 0 aliphatic rings. The van der Waals surface area contributed by atoms with Gasteiger partial charge in [-0.1, -0.05) is 6.92 Å². The van der Waals surface area contributed by atoms with Crippen molar-refractivity contribution in [1.82, 2.24) is 15.3 Å². The van der Waals surface area contributed by atoms with Crippen molar-refractivity contribution < 1.29 is 14.7 Å². The molecule has 0 aliphatic heterocycles. The molecule has 7 heteroatoms. The summed E-state index contributed by atoms with van der Waals surface area (Å²) in [6, 6.07) is -0.948. The second kappa shape index (κ2) is 4.45. The van der Waals surface area contributed by atoms with Gasteiger partial charge < -0.3 is 20.4 Å². The number of H-pyrrole nitrogens is 2. The van der Waals surface area contributed by atoms with E-state index < -0.39 is 23.6 Å². The second-order valence-electron chi connectivity index (χ2n) is 2.93. The van der Waals surface area contributed by atoms with E-state index in [0.29, 0.717) is 0 Å². The molecule has 1 aromatic heterocycles. The first-order valence-electron chi connectivity index (χ1n) is 4.36. The van der Waals surface area contributed by atoms with Crippen LogP contribution in [0.4, 0.5) is 0 Å². The number of imidazole rings is 1. The van der Waals surface area contributed by atoms with E-state index in [9.17, 15) is 14.4 Å². The van der Waals surface area contributed by atoms with Gasteiger partial charge in [-0.2, -0.15) is 0 Å². The minimum Gasteiger partial charge on any atom is -0.480 e. The number of aliphatic carboxylic acids is 1. The molecule has 0 fully saturated rings. The largest absolute Gasteiger partial charge is 0.480 e. The van der Waals surface area contributed by atoms with Gasteiger partial charge in [0.1, 0.15) is 11.7 Å². The van der Waals surface area contributed by atoms with Crippen LogP contribution in [-0.2, 0) is 4.79 Å². The average molecular weight is 213 g/mol. The fourth-order valence-corrected chi connectivity index (χ4v) is 1.03. The van der Waals surface area contributed by atoms with Crippen molar-refractivity contribution in [3.8, 4) is 0 Å². The lowest BCUT2D eigenvalue weighted by molar-refractivity contribution is -0.139. The zero-order chi connectivity index (χ0) is 11.4. The van der Waals surface area contributed by atoms with Gasteiger partial charge in [0.05, 0.1) is 0 Å². The third kappa shape index (κ3) is 2.70. The van der Waals surface area contributed by atoms with Gasteiger partial charge in [-0.15, -0.1) is 0 Å². The molecule has 1 heterocycles. The summed E-state index contributed by atoms with van der Waals surface area (Å²) in [5.41, 5.74) is -0.497. The fraction of sp³-hybridized carbons (Fsp3) is 0.375. The summed E-state index contributed by atoms with van der Waals surface area (Å²) in [7, 11) is 0. The molecule has 1 rings (SSSR count). The van der Waals surface area contributed by atoms with E-state index in [1.165, 1.54) is 6.20 Å². The molecular formula is C8H11N3O4. The number of nitrogens with one attached hydrogen (secondary N) is 3. The molecule has 0 radical (unpaired) electrons. The number of carboxylic acid groups (broad SMARTS) is 1. The first-order chi connectivity index (χ1) is 7.04. The molecule has 1 aromatic rings. The highest BCUT2D eigenvalue weighted by Crippen LogP contribution is 1.94. The van der Waals surface area contributed by atoms with E-state index in [4.69, 9.17) is 5.11 Å². The number of aromatic nitrogens is 2. The summed E-state index contributed by atoms with van der Waals surface area (Å²) < 4.78 is 0. The lowest BCUT2D eigenvalue weighted by Crippen LogP contribution is -2.40. The zero-order valence-corrected chi connectivity index (χ0v) is 8.03. The highest BCUT2D eigenvalue weighted by molar-refractivity contribution is 5.94. The van der Waals surface area contributed by atoms with Gasteiger partial charge in [0.2, 0.25) is 0 Å². The number of rotatable bonds is 4. The first-order valence-corrected chi connectivity index (χ1v) is 4.36. The molecule has 0 saturated heterocycles. The van der Waals surface area contributed by atoms with E-state index in [1.807, 2.05) is 0 Å². The Morgan fingerprint density at radius 1 is 1.60 bits per heavy atom. The number of aromatic amines is 2. The Hall–Kier alpha value is -2.05. The van der Waals surface area contributed by atoms with Crippen LogP contribution in [0, 0.1) is 0 Å². The summed E-state index contributed by atoms with van der Waals surface area (Å²) >= 11 is 0. The Bertz CT molecular complexity index is 420. The monoisotopic (exact) mass is 213 g/mol. The highest BCUT2D eigenvalue weighted by Gasteiger charge is 2.19. The van der Waals surface area contributed by atoms with Crippen LogP contribution in [0.5, 0.6) is 0 Å². The lowest BCUT2D eigenvalue weighted by Gasteiger charge is -2.10. The number of amides is 1. The second-order valence-corrected chi connectivity index (χ2v) is 2.93. The summed E-state index contributed by atoms with van der Waals surface area (Å²) in [5, 5.41) is 10.9. The van der Waals surface area contributed by atoms with Crippen molar-refractivity contribution in [1.29, 1.82) is 0 Å². The third-order valence-electron chi connectivity index (χ3n) is 1.85. The molecule has 1 amide bonds. The van der Waals surface area contributed by atoms with Crippen molar-refractivity contribution in [2.45, 2.75) is 19.4 Å². The number of hydrogen-bond donors (Lipinski definition) is 4. The van der Waals surface area contributed by atoms with Crippen LogP contribution < -0.4 is 11.0 Å². The van der Waals surface area contributed by atoms with Crippen LogP contribution in [0.1, 0.15) is 23.8 Å². The quantitative estimate of drug-likeness (QED) is 0.529. The van der Waals surface area contributed by atoms with Gasteiger partial charge in [0, 0.05) is 6.20 Å². The Kier molecular flexibility index (Phi) is 3.27. The van der Waals surface area contributed by atoms with E-state index in [0.717, 1.165) is 0 Å². The molecule has 15 heavy (non-hydrogen) atoms. The van der Waals surface area contributed by atoms with Crippen molar-refractivity contribution in [2.75, 3.05) is 0 Å². The van der Waals surface area contributed by atoms with Crippen molar-refractivity contribution in [3.05, 3.63) is 22.4 Å². The van der Waals surface area contributed by atoms with Crippen LogP contribution in [-0.4, -0.2) is 33.0 Å². The maximum absolute atomic E-state index is 11.4. The van der Waals surface area contributed by atoms with Crippen molar-refractivity contribution in [3.63, 3.8) is 0 Å². The Labute approximate surface area is 84.5 Å². The molecule has 7 nitrogen and oxygen atoms in total. The van der Waals surface area contributed by atoms with Gasteiger partial charge in [-0.05, 0) is 6.42 Å². The smallest absolute Gasteiger partial charge is 0.326 e. The van der Waals surface area contributed by atoms with Crippen LogP contribution in [0.2, 0.25) is 0 Å². The predicted molar refractivity (Wildman–Crippen MR) is 50.6 cm³/mol. The van der Waals surface area contributed by atoms with Crippen molar-refractivity contribution in [2.24, 2.45) is 0 Å². The number of carbonyl (C=O) groups excluding carboxylic acids is 1. The van der Waals surface area contributed by atoms with E-state index >= 15 is 0 Å². The lowest BCUT2D eigenvalue weighted by atomic mass is 10.2. The third-order valence-corrected chi connectivity index (χ3v) is 1.85. The normalized spacial score (nSPS) is 12.1. The van der Waals surface area contributed by atoms with Crippen LogP contribution in [0.15, 0.2) is 11.0 Å². The molecule has 0 spiro atoms. The van der Waals surface area contributed by atoms with E-state index in [1.54, 1.807) is 6.92 Å². The predicted octanol–water partition coefficient (Wildman–Crippen LogP) is -0.704. The Morgan fingerprint density at radius 3 is 2.67 bits per heavy atom. The maximum Gasteiger partial charge on any atom is 0.326 e. The maximum atomic E-state index is 11.4. The molecule has 0 unspecified atom stereocenters. The van der Waals surface area contributed by atoms with E-state index in [-0.39, 0.29) is 12.1 Å². The Morgan fingerprint density at radius 2 is 2.27 bits per heavy atom. The van der Waals surface area contributed by atoms with Crippen LogP contribution in [0.3, 0.4) is 0 Å². The molecule has 4 N–H and O–H groups in total. The Balaban J connectivity index is 2.70. The number of carboxylic acids is 1. The summed E-state index contributed by atoms with van der Waals surface area (Å²) in [4.78, 5) is 37.1. The number of carbonyl (C=O) groups is 2.